The molecule has 0 amide bonds. The molecule has 2 rings (SSSR count). The third-order valence-corrected chi connectivity index (χ3v) is 2.83. The Labute approximate surface area is 83.4 Å². The molecule has 0 spiro atoms. The van der Waals surface area contributed by atoms with Gasteiger partial charge in [0.15, 0.2) is 0 Å². The van der Waals surface area contributed by atoms with Crippen molar-refractivity contribution in [1.82, 2.24) is 15.3 Å². The molecule has 1 saturated heterocycles. The predicted octanol–water partition coefficient (Wildman–Crippen LogP) is 0.436. The van der Waals surface area contributed by atoms with Gasteiger partial charge in [0.05, 0.1) is 0 Å². The number of piperidine rings is 1. The van der Waals surface area contributed by atoms with Crippen molar-refractivity contribution in [3.05, 3.63) is 24.3 Å². The lowest BCUT2D eigenvalue weighted by Crippen LogP contribution is -2.47. The SMILES string of the molecule is CC1CCC(O)(c2cncnc2)CN1. The van der Waals surface area contributed by atoms with Gasteiger partial charge in [-0.2, -0.15) is 0 Å². The monoisotopic (exact) mass is 193 g/mol. The Morgan fingerprint density at radius 1 is 1.50 bits per heavy atom. The maximum absolute atomic E-state index is 10.3. The lowest BCUT2D eigenvalue weighted by atomic mass is 9.86. The summed E-state index contributed by atoms with van der Waals surface area (Å²) in [6.07, 6.45) is 6.60. The van der Waals surface area contributed by atoms with Gasteiger partial charge >= 0.3 is 0 Å². The van der Waals surface area contributed by atoms with E-state index in [1.54, 1.807) is 12.4 Å². The second-order valence-electron chi connectivity index (χ2n) is 3.98. The van der Waals surface area contributed by atoms with Crippen LogP contribution in [0, 0.1) is 0 Å². The van der Waals surface area contributed by atoms with E-state index in [2.05, 4.69) is 22.2 Å². The van der Waals surface area contributed by atoms with Gasteiger partial charge in [0.2, 0.25) is 0 Å². The van der Waals surface area contributed by atoms with Crippen LogP contribution in [0.5, 0.6) is 0 Å². The molecule has 0 bridgehead atoms. The van der Waals surface area contributed by atoms with Crippen molar-refractivity contribution in [2.75, 3.05) is 6.54 Å². The summed E-state index contributed by atoms with van der Waals surface area (Å²) in [6.45, 7) is 2.71. The molecule has 0 radical (unpaired) electrons. The van der Waals surface area contributed by atoms with Crippen LogP contribution in [0.4, 0.5) is 0 Å². The van der Waals surface area contributed by atoms with Crippen LogP contribution in [-0.2, 0) is 5.60 Å². The van der Waals surface area contributed by atoms with Gasteiger partial charge in [-0.15, -0.1) is 0 Å². The molecular formula is C10H15N3O. The van der Waals surface area contributed by atoms with Crippen molar-refractivity contribution in [2.24, 2.45) is 0 Å². The third kappa shape index (κ3) is 1.76. The highest BCUT2D eigenvalue weighted by atomic mass is 16.3. The number of nitrogens with zero attached hydrogens (tertiary/aromatic N) is 2. The molecule has 2 atom stereocenters. The highest BCUT2D eigenvalue weighted by molar-refractivity contribution is 5.16. The summed E-state index contributed by atoms with van der Waals surface area (Å²) in [5.41, 5.74) is 0.0210. The van der Waals surface area contributed by atoms with E-state index in [1.807, 2.05) is 0 Å². The summed E-state index contributed by atoms with van der Waals surface area (Å²) in [7, 11) is 0. The van der Waals surface area contributed by atoms with E-state index in [0.717, 1.165) is 18.4 Å². The second-order valence-corrected chi connectivity index (χ2v) is 3.98. The lowest BCUT2D eigenvalue weighted by molar-refractivity contribution is 0.00308. The average Bonchev–Trinajstić information content (AvgIpc) is 2.24. The van der Waals surface area contributed by atoms with E-state index in [1.165, 1.54) is 6.33 Å². The largest absolute Gasteiger partial charge is 0.384 e. The summed E-state index contributed by atoms with van der Waals surface area (Å²) in [4.78, 5) is 7.85. The van der Waals surface area contributed by atoms with Crippen LogP contribution in [0.3, 0.4) is 0 Å². The van der Waals surface area contributed by atoms with Crippen LogP contribution in [0.25, 0.3) is 0 Å². The Hall–Kier alpha value is -1.00. The molecule has 2 N–H and O–H groups in total. The maximum atomic E-state index is 10.3. The molecule has 14 heavy (non-hydrogen) atoms. The highest BCUT2D eigenvalue weighted by Gasteiger charge is 2.33. The van der Waals surface area contributed by atoms with Crippen LogP contribution in [0.1, 0.15) is 25.3 Å². The molecule has 0 aliphatic carbocycles. The van der Waals surface area contributed by atoms with Crippen LogP contribution in [0.2, 0.25) is 0 Å². The Morgan fingerprint density at radius 3 is 2.79 bits per heavy atom. The highest BCUT2D eigenvalue weighted by Crippen LogP contribution is 2.28. The van der Waals surface area contributed by atoms with Gasteiger partial charge in [-0.1, -0.05) is 0 Å². The van der Waals surface area contributed by atoms with Crippen molar-refractivity contribution >= 4 is 0 Å². The number of β-amino-alcohol motifs (C(OH)–C–C–N with tert-alkyl or cyclic N) is 1. The number of nitrogens with one attached hydrogen (secondary N) is 1. The van der Waals surface area contributed by atoms with E-state index < -0.39 is 5.60 Å². The molecule has 1 aromatic heterocycles. The van der Waals surface area contributed by atoms with Gasteiger partial charge in [-0.05, 0) is 19.8 Å². The first-order valence-corrected chi connectivity index (χ1v) is 4.92. The van der Waals surface area contributed by atoms with Crippen molar-refractivity contribution < 1.29 is 5.11 Å². The van der Waals surface area contributed by atoms with Crippen molar-refractivity contribution in [3.8, 4) is 0 Å². The number of aromatic nitrogens is 2. The molecular weight excluding hydrogens is 178 g/mol. The standard InChI is InChI=1S/C10H15N3O/c1-8-2-3-10(14,6-13-8)9-4-11-7-12-5-9/h4-5,7-8,13-14H,2-3,6H2,1H3. The van der Waals surface area contributed by atoms with Crippen molar-refractivity contribution in [2.45, 2.75) is 31.4 Å². The van der Waals surface area contributed by atoms with Crippen LogP contribution >= 0.6 is 0 Å². The first-order valence-electron chi connectivity index (χ1n) is 4.92. The summed E-state index contributed by atoms with van der Waals surface area (Å²) >= 11 is 0. The summed E-state index contributed by atoms with van der Waals surface area (Å²) < 4.78 is 0. The zero-order chi connectivity index (χ0) is 10.0. The van der Waals surface area contributed by atoms with Crippen LogP contribution in [0.15, 0.2) is 18.7 Å². The van der Waals surface area contributed by atoms with Gasteiger partial charge < -0.3 is 10.4 Å². The number of aliphatic hydroxyl groups is 1. The fourth-order valence-corrected chi connectivity index (χ4v) is 1.77. The van der Waals surface area contributed by atoms with E-state index in [4.69, 9.17) is 0 Å². The van der Waals surface area contributed by atoms with Gasteiger partial charge in [0.25, 0.3) is 0 Å². The van der Waals surface area contributed by atoms with E-state index in [9.17, 15) is 5.11 Å². The Morgan fingerprint density at radius 2 is 2.21 bits per heavy atom. The number of rotatable bonds is 1. The third-order valence-electron chi connectivity index (χ3n) is 2.83. The Kier molecular flexibility index (Phi) is 2.48. The molecule has 1 aliphatic heterocycles. The van der Waals surface area contributed by atoms with Gasteiger partial charge in [0.1, 0.15) is 11.9 Å². The molecule has 1 aliphatic rings. The predicted molar refractivity (Wildman–Crippen MR) is 52.6 cm³/mol. The molecule has 2 heterocycles. The van der Waals surface area contributed by atoms with Gasteiger partial charge in [-0.25, -0.2) is 9.97 Å². The van der Waals surface area contributed by atoms with E-state index >= 15 is 0 Å². The topological polar surface area (TPSA) is 58.0 Å². The first kappa shape index (κ1) is 9.55. The minimum Gasteiger partial charge on any atom is -0.384 e. The molecule has 0 saturated carbocycles. The zero-order valence-electron chi connectivity index (χ0n) is 8.27. The normalized spacial score (nSPS) is 32.9. The van der Waals surface area contributed by atoms with Gasteiger partial charge in [0, 0.05) is 30.5 Å². The molecule has 0 aromatic carbocycles. The minimum absolute atomic E-state index is 0.486. The number of hydrogen-bond donors (Lipinski definition) is 2. The average molecular weight is 193 g/mol. The molecule has 4 nitrogen and oxygen atoms in total. The van der Waals surface area contributed by atoms with Crippen molar-refractivity contribution in [3.63, 3.8) is 0 Å². The number of hydrogen-bond acceptors (Lipinski definition) is 4. The van der Waals surface area contributed by atoms with Crippen LogP contribution in [-0.4, -0.2) is 27.7 Å². The zero-order valence-corrected chi connectivity index (χ0v) is 8.27. The summed E-state index contributed by atoms with van der Waals surface area (Å²) in [5.74, 6) is 0. The first-order chi connectivity index (χ1) is 6.71. The van der Waals surface area contributed by atoms with Crippen molar-refractivity contribution in [1.29, 1.82) is 0 Å². The Bertz CT molecular complexity index is 293. The van der Waals surface area contributed by atoms with Crippen LogP contribution < -0.4 is 5.32 Å². The van der Waals surface area contributed by atoms with E-state index in [-0.39, 0.29) is 0 Å². The molecule has 76 valence electrons. The second kappa shape index (κ2) is 3.63. The summed E-state index contributed by atoms with van der Waals surface area (Å²) in [5, 5.41) is 13.6. The fraction of sp³-hybridized carbons (Fsp3) is 0.600. The van der Waals surface area contributed by atoms with Gasteiger partial charge in [-0.3, -0.25) is 0 Å². The maximum Gasteiger partial charge on any atom is 0.115 e. The minimum atomic E-state index is -0.784. The fourth-order valence-electron chi connectivity index (χ4n) is 1.77. The molecule has 4 heteroatoms. The molecule has 1 aromatic rings. The Balaban J connectivity index is 2.17. The quantitative estimate of drug-likeness (QED) is 0.679. The molecule has 2 unspecified atom stereocenters. The molecule has 1 fully saturated rings. The van der Waals surface area contributed by atoms with E-state index in [0.29, 0.717) is 12.6 Å². The summed E-state index contributed by atoms with van der Waals surface area (Å²) in [6, 6.07) is 0.486. The smallest absolute Gasteiger partial charge is 0.115 e. The lowest BCUT2D eigenvalue weighted by Gasteiger charge is -2.35.